The van der Waals surface area contributed by atoms with Gasteiger partial charge in [-0.1, -0.05) is 0 Å². The highest BCUT2D eigenvalue weighted by atomic mass is 79.9. The lowest BCUT2D eigenvalue weighted by molar-refractivity contribution is -0.177. The van der Waals surface area contributed by atoms with E-state index in [1.165, 1.54) is 0 Å². The van der Waals surface area contributed by atoms with Crippen molar-refractivity contribution in [3.8, 4) is 0 Å². The molecular weight excluding hydrogens is 288 g/mol. The minimum absolute atomic E-state index is 0.00324. The van der Waals surface area contributed by atoms with Crippen LogP contribution in [0.1, 0.15) is 35.8 Å². The Hall–Kier alpha value is -0.720. The number of rotatable bonds is 2. The molecule has 0 aromatic carbocycles. The lowest BCUT2D eigenvalue weighted by Gasteiger charge is -2.29. The van der Waals surface area contributed by atoms with Crippen LogP contribution in [0.5, 0.6) is 0 Å². The standard InChI is InChI=1S/C11H13BrN2O3/c12-8-6-13-14(9(8)7-15)10-2-1-3-11(10)16-4-5-17-11/h6-7,10H,1-5H2. The normalized spacial score (nSPS) is 26.8. The van der Waals surface area contributed by atoms with Crippen molar-refractivity contribution in [2.24, 2.45) is 0 Å². The molecule has 2 aliphatic rings. The molecule has 5 nitrogen and oxygen atoms in total. The Morgan fingerprint density at radius 3 is 3.00 bits per heavy atom. The largest absolute Gasteiger partial charge is 0.345 e. The molecule has 1 aliphatic heterocycles. The zero-order valence-corrected chi connectivity index (χ0v) is 10.9. The predicted molar refractivity (Wildman–Crippen MR) is 62.8 cm³/mol. The van der Waals surface area contributed by atoms with Crippen LogP contribution in [0, 0.1) is 0 Å². The zero-order chi connectivity index (χ0) is 11.9. The van der Waals surface area contributed by atoms with Crippen molar-refractivity contribution in [2.75, 3.05) is 13.2 Å². The average molecular weight is 301 g/mol. The fraction of sp³-hybridized carbons (Fsp3) is 0.636. The van der Waals surface area contributed by atoms with E-state index in [2.05, 4.69) is 21.0 Å². The molecule has 1 aliphatic carbocycles. The molecule has 0 bridgehead atoms. The quantitative estimate of drug-likeness (QED) is 0.783. The highest BCUT2D eigenvalue weighted by Gasteiger charge is 2.50. The molecule has 92 valence electrons. The number of halogens is 1. The Kier molecular flexibility index (Phi) is 2.80. The van der Waals surface area contributed by atoms with Crippen molar-refractivity contribution in [3.05, 3.63) is 16.4 Å². The molecule has 0 amide bonds. The van der Waals surface area contributed by atoms with E-state index in [1.807, 2.05) is 0 Å². The monoisotopic (exact) mass is 300 g/mol. The van der Waals surface area contributed by atoms with Crippen LogP contribution in [0.4, 0.5) is 0 Å². The fourth-order valence-electron chi connectivity index (χ4n) is 2.75. The molecule has 1 aromatic heterocycles. The summed E-state index contributed by atoms with van der Waals surface area (Å²) in [4.78, 5) is 11.1. The first-order valence-electron chi connectivity index (χ1n) is 5.73. The van der Waals surface area contributed by atoms with E-state index < -0.39 is 5.79 Å². The minimum atomic E-state index is -0.566. The smallest absolute Gasteiger partial charge is 0.191 e. The Morgan fingerprint density at radius 1 is 1.53 bits per heavy atom. The van der Waals surface area contributed by atoms with Crippen LogP contribution in [0.25, 0.3) is 0 Å². The molecule has 1 atom stereocenters. The zero-order valence-electron chi connectivity index (χ0n) is 9.26. The SMILES string of the molecule is O=Cc1c(Br)cnn1C1CCCC12OCCO2. The molecule has 1 aromatic rings. The lowest BCUT2D eigenvalue weighted by atomic mass is 10.1. The summed E-state index contributed by atoms with van der Waals surface area (Å²) < 4.78 is 14.0. The molecule has 1 spiro atoms. The highest BCUT2D eigenvalue weighted by Crippen LogP contribution is 2.45. The van der Waals surface area contributed by atoms with E-state index in [0.29, 0.717) is 23.4 Å². The van der Waals surface area contributed by atoms with E-state index >= 15 is 0 Å². The molecule has 0 N–H and O–H groups in total. The predicted octanol–water partition coefficient (Wildman–Crippen LogP) is 1.93. The number of ether oxygens (including phenoxy) is 2. The number of hydrogen-bond donors (Lipinski definition) is 0. The van der Waals surface area contributed by atoms with Gasteiger partial charge in [0.05, 0.1) is 23.9 Å². The van der Waals surface area contributed by atoms with Crippen molar-refractivity contribution >= 4 is 22.2 Å². The summed E-state index contributed by atoms with van der Waals surface area (Å²) in [5.74, 6) is -0.566. The number of aldehydes is 1. The van der Waals surface area contributed by atoms with Gasteiger partial charge in [-0.2, -0.15) is 5.10 Å². The maximum atomic E-state index is 11.1. The van der Waals surface area contributed by atoms with Crippen LogP contribution >= 0.6 is 15.9 Å². The number of hydrogen-bond acceptors (Lipinski definition) is 4. The highest BCUT2D eigenvalue weighted by molar-refractivity contribution is 9.10. The molecule has 3 rings (SSSR count). The van der Waals surface area contributed by atoms with Gasteiger partial charge in [0, 0.05) is 6.42 Å². The summed E-state index contributed by atoms with van der Waals surface area (Å²) in [6, 6.07) is -0.00324. The summed E-state index contributed by atoms with van der Waals surface area (Å²) in [7, 11) is 0. The molecule has 2 heterocycles. The molecule has 0 radical (unpaired) electrons. The van der Waals surface area contributed by atoms with Gasteiger partial charge >= 0.3 is 0 Å². The molecule has 6 heteroatoms. The molecular formula is C11H13BrN2O3. The van der Waals surface area contributed by atoms with Gasteiger partial charge in [0.15, 0.2) is 12.1 Å². The van der Waals surface area contributed by atoms with Crippen LogP contribution in [-0.4, -0.2) is 35.1 Å². The van der Waals surface area contributed by atoms with E-state index in [1.54, 1.807) is 10.9 Å². The Morgan fingerprint density at radius 2 is 2.29 bits per heavy atom. The van der Waals surface area contributed by atoms with Gasteiger partial charge in [0.2, 0.25) is 0 Å². The number of carbonyl (C=O) groups is 1. The summed E-state index contributed by atoms with van der Waals surface area (Å²) in [5, 5.41) is 4.27. The fourth-order valence-corrected chi connectivity index (χ4v) is 3.12. The van der Waals surface area contributed by atoms with Crippen LogP contribution in [0.2, 0.25) is 0 Å². The van der Waals surface area contributed by atoms with Crippen LogP contribution in [0.3, 0.4) is 0 Å². The van der Waals surface area contributed by atoms with Crippen molar-refractivity contribution in [2.45, 2.75) is 31.1 Å². The minimum Gasteiger partial charge on any atom is -0.345 e. The third-order valence-electron chi connectivity index (χ3n) is 3.48. The molecule has 1 saturated carbocycles. The second-order valence-electron chi connectivity index (χ2n) is 4.36. The summed E-state index contributed by atoms with van der Waals surface area (Å²) >= 11 is 3.33. The van der Waals surface area contributed by atoms with E-state index in [0.717, 1.165) is 25.5 Å². The van der Waals surface area contributed by atoms with Crippen LogP contribution in [-0.2, 0) is 9.47 Å². The third-order valence-corrected chi connectivity index (χ3v) is 4.09. The second kappa shape index (κ2) is 4.19. The van der Waals surface area contributed by atoms with Gasteiger partial charge in [-0.05, 0) is 28.8 Å². The lowest BCUT2D eigenvalue weighted by Crippen LogP contribution is -2.37. The summed E-state index contributed by atoms with van der Waals surface area (Å²) in [6.07, 6.45) is 5.28. The van der Waals surface area contributed by atoms with E-state index in [-0.39, 0.29) is 6.04 Å². The first-order valence-corrected chi connectivity index (χ1v) is 6.52. The summed E-state index contributed by atoms with van der Waals surface area (Å²) in [6.45, 7) is 1.24. The number of aromatic nitrogens is 2. The maximum Gasteiger partial charge on any atom is 0.191 e. The maximum absolute atomic E-state index is 11.1. The van der Waals surface area contributed by atoms with Gasteiger partial charge in [-0.25, -0.2) is 0 Å². The van der Waals surface area contributed by atoms with E-state index in [4.69, 9.17) is 9.47 Å². The van der Waals surface area contributed by atoms with Gasteiger partial charge < -0.3 is 9.47 Å². The Bertz CT molecular complexity index is 434. The van der Waals surface area contributed by atoms with Gasteiger partial charge in [-0.15, -0.1) is 0 Å². The molecule has 1 saturated heterocycles. The van der Waals surface area contributed by atoms with Gasteiger partial charge in [-0.3, -0.25) is 9.48 Å². The first kappa shape index (κ1) is 11.4. The Labute approximate surface area is 107 Å². The Balaban J connectivity index is 2.00. The summed E-state index contributed by atoms with van der Waals surface area (Å²) in [5.41, 5.74) is 0.551. The van der Waals surface area contributed by atoms with E-state index in [9.17, 15) is 4.79 Å². The second-order valence-corrected chi connectivity index (χ2v) is 5.21. The first-order chi connectivity index (χ1) is 8.27. The van der Waals surface area contributed by atoms with Gasteiger partial charge in [0.1, 0.15) is 11.7 Å². The average Bonchev–Trinajstić information content (AvgIpc) is 3.01. The van der Waals surface area contributed by atoms with Gasteiger partial charge in [0.25, 0.3) is 0 Å². The van der Waals surface area contributed by atoms with Crippen LogP contribution < -0.4 is 0 Å². The topological polar surface area (TPSA) is 53.4 Å². The van der Waals surface area contributed by atoms with Crippen molar-refractivity contribution < 1.29 is 14.3 Å². The third kappa shape index (κ3) is 1.66. The van der Waals surface area contributed by atoms with Crippen molar-refractivity contribution in [1.82, 2.24) is 9.78 Å². The molecule has 17 heavy (non-hydrogen) atoms. The van der Waals surface area contributed by atoms with Crippen molar-refractivity contribution in [3.63, 3.8) is 0 Å². The molecule has 2 fully saturated rings. The number of nitrogens with zero attached hydrogens (tertiary/aromatic N) is 2. The van der Waals surface area contributed by atoms with Crippen LogP contribution in [0.15, 0.2) is 10.7 Å². The van der Waals surface area contributed by atoms with Crippen molar-refractivity contribution in [1.29, 1.82) is 0 Å². The molecule has 1 unspecified atom stereocenters. The number of carbonyl (C=O) groups excluding carboxylic acids is 1.